The Morgan fingerprint density at radius 3 is 2.34 bits per heavy atom. The molecule has 0 saturated carbocycles. The van der Waals surface area contributed by atoms with Crippen LogP contribution in [0.25, 0.3) is 0 Å². The Labute approximate surface area is 174 Å². The zero-order valence-corrected chi connectivity index (χ0v) is 17.4. The van der Waals surface area contributed by atoms with Gasteiger partial charge in [0.25, 0.3) is 0 Å². The van der Waals surface area contributed by atoms with Crippen molar-refractivity contribution in [2.75, 3.05) is 13.2 Å². The number of hydrogen-bond donors (Lipinski definition) is 2. The molecule has 0 aliphatic heterocycles. The van der Waals surface area contributed by atoms with E-state index < -0.39 is 22.8 Å². The van der Waals surface area contributed by atoms with Crippen LogP contribution in [-0.2, 0) is 21.4 Å². The van der Waals surface area contributed by atoms with Crippen LogP contribution in [-0.4, -0.2) is 33.7 Å². The number of nitrogens with one attached hydrogen (secondary N) is 2. The molecular weight excluding hydrogens is 477 g/mol. The second-order valence-electron chi connectivity index (χ2n) is 5.90. The summed E-state index contributed by atoms with van der Waals surface area (Å²) >= 11 is 3.17. The summed E-state index contributed by atoms with van der Waals surface area (Å²) < 4.78 is 68.1. The molecule has 158 valence electrons. The van der Waals surface area contributed by atoms with Gasteiger partial charge in [0.05, 0.1) is 4.90 Å². The van der Waals surface area contributed by atoms with Gasteiger partial charge in [0.1, 0.15) is 5.75 Å². The number of carbonyl (C=O) groups is 1. The first-order valence-electron chi connectivity index (χ1n) is 8.36. The predicted molar refractivity (Wildman–Crippen MR) is 104 cm³/mol. The summed E-state index contributed by atoms with van der Waals surface area (Å²) in [7, 11) is -3.75. The van der Waals surface area contributed by atoms with Gasteiger partial charge in [-0.05, 0) is 45.8 Å². The highest BCUT2D eigenvalue weighted by Crippen LogP contribution is 2.21. The monoisotopic (exact) mass is 494 g/mol. The van der Waals surface area contributed by atoms with Gasteiger partial charge in [0, 0.05) is 24.0 Å². The van der Waals surface area contributed by atoms with E-state index >= 15 is 0 Å². The molecule has 2 rings (SSSR count). The maximum absolute atomic E-state index is 12.2. The number of sulfonamides is 1. The SMILES string of the molecule is O=C(CCNS(=O)(=O)c1ccccc1Br)NCc1ccc(OCC(F)(F)F)cc1. The summed E-state index contributed by atoms with van der Waals surface area (Å²) in [4.78, 5) is 12.0. The van der Waals surface area contributed by atoms with Crippen LogP contribution < -0.4 is 14.8 Å². The Bertz CT molecular complexity index is 935. The highest BCUT2D eigenvalue weighted by Gasteiger charge is 2.28. The Balaban J connectivity index is 1.75. The second kappa shape index (κ2) is 10.1. The molecule has 0 heterocycles. The minimum Gasteiger partial charge on any atom is -0.484 e. The molecule has 0 radical (unpaired) electrons. The van der Waals surface area contributed by atoms with E-state index in [0.717, 1.165) is 0 Å². The molecule has 0 unspecified atom stereocenters. The van der Waals surface area contributed by atoms with Crippen LogP contribution in [0.3, 0.4) is 0 Å². The minimum absolute atomic E-state index is 0.0684. The number of ether oxygens (including phenoxy) is 1. The molecule has 1 amide bonds. The molecule has 2 aromatic rings. The largest absolute Gasteiger partial charge is 0.484 e. The van der Waals surface area contributed by atoms with E-state index in [1.807, 2.05) is 0 Å². The highest BCUT2D eigenvalue weighted by molar-refractivity contribution is 9.10. The molecule has 0 bridgehead atoms. The fourth-order valence-corrected chi connectivity index (χ4v) is 4.23. The van der Waals surface area contributed by atoms with Crippen LogP contribution in [0.5, 0.6) is 5.75 Å². The van der Waals surface area contributed by atoms with Crippen molar-refractivity contribution in [3.63, 3.8) is 0 Å². The van der Waals surface area contributed by atoms with Gasteiger partial charge in [-0.2, -0.15) is 13.2 Å². The number of benzene rings is 2. The lowest BCUT2D eigenvalue weighted by Gasteiger charge is -2.10. The van der Waals surface area contributed by atoms with E-state index in [1.54, 1.807) is 18.2 Å². The molecule has 29 heavy (non-hydrogen) atoms. The van der Waals surface area contributed by atoms with E-state index in [-0.39, 0.29) is 36.1 Å². The van der Waals surface area contributed by atoms with E-state index in [9.17, 15) is 26.4 Å². The quantitative estimate of drug-likeness (QED) is 0.559. The molecule has 0 atom stereocenters. The second-order valence-corrected chi connectivity index (χ2v) is 8.49. The Kier molecular flexibility index (Phi) is 8.05. The van der Waals surface area contributed by atoms with E-state index in [4.69, 9.17) is 0 Å². The van der Waals surface area contributed by atoms with Crippen LogP contribution in [0.1, 0.15) is 12.0 Å². The third-order valence-corrected chi connectivity index (χ3v) is 6.06. The zero-order chi connectivity index (χ0) is 21.5. The first kappa shape index (κ1) is 23.2. The molecule has 0 spiro atoms. The summed E-state index contributed by atoms with van der Waals surface area (Å²) in [5.74, 6) is -0.309. The molecule has 2 aromatic carbocycles. The van der Waals surface area contributed by atoms with Crippen molar-refractivity contribution in [1.82, 2.24) is 10.0 Å². The smallest absolute Gasteiger partial charge is 0.422 e. The van der Waals surface area contributed by atoms with Crippen molar-refractivity contribution < 1.29 is 31.1 Å². The summed E-state index contributed by atoms with van der Waals surface area (Å²) in [6.45, 7) is -1.31. The normalized spacial score (nSPS) is 11.9. The molecular formula is C18H18BrF3N2O4S. The summed E-state index contributed by atoms with van der Waals surface area (Å²) in [5.41, 5.74) is 0.659. The van der Waals surface area contributed by atoms with E-state index in [0.29, 0.717) is 10.0 Å². The predicted octanol–water partition coefficient (Wildman–Crippen LogP) is 3.38. The number of hydrogen-bond acceptors (Lipinski definition) is 4. The van der Waals surface area contributed by atoms with Gasteiger partial charge in [0.15, 0.2) is 6.61 Å². The third-order valence-electron chi connectivity index (χ3n) is 3.59. The Morgan fingerprint density at radius 2 is 1.72 bits per heavy atom. The molecule has 0 aromatic heterocycles. The molecule has 0 aliphatic rings. The summed E-state index contributed by atoms with van der Waals surface area (Å²) in [6.07, 6.45) is -4.48. The summed E-state index contributed by atoms with van der Waals surface area (Å²) in [5, 5.41) is 2.61. The maximum atomic E-state index is 12.2. The lowest BCUT2D eigenvalue weighted by molar-refractivity contribution is -0.153. The van der Waals surface area contributed by atoms with Gasteiger partial charge in [-0.15, -0.1) is 0 Å². The van der Waals surface area contributed by atoms with E-state index in [2.05, 4.69) is 30.7 Å². The number of alkyl halides is 3. The zero-order valence-electron chi connectivity index (χ0n) is 15.0. The van der Waals surface area contributed by atoms with Crippen molar-refractivity contribution in [3.8, 4) is 5.75 Å². The molecule has 0 saturated heterocycles. The fourth-order valence-electron chi connectivity index (χ4n) is 2.20. The number of carbonyl (C=O) groups excluding carboxylic acids is 1. The van der Waals surface area contributed by atoms with Crippen molar-refractivity contribution >= 4 is 31.9 Å². The topological polar surface area (TPSA) is 84.5 Å². The molecule has 11 heteroatoms. The molecule has 0 aliphatic carbocycles. The van der Waals surface area contributed by atoms with Crippen molar-refractivity contribution in [1.29, 1.82) is 0 Å². The van der Waals surface area contributed by atoms with Gasteiger partial charge < -0.3 is 10.1 Å². The molecule has 2 N–H and O–H groups in total. The van der Waals surface area contributed by atoms with Crippen molar-refractivity contribution in [2.24, 2.45) is 0 Å². The van der Waals surface area contributed by atoms with E-state index in [1.165, 1.54) is 30.3 Å². The fraction of sp³-hybridized carbons (Fsp3) is 0.278. The van der Waals surface area contributed by atoms with Crippen molar-refractivity contribution in [3.05, 3.63) is 58.6 Å². The average Bonchev–Trinajstić information content (AvgIpc) is 2.65. The number of halogens is 4. The Morgan fingerprint density at radius 1 is 1.07 bits per heavy atom. The van der Waals surface area contributed by atoms with Gasteiger partial charge in [-0.25, -0.2) is 13.1 Å². The molecule has 6 nitrogen and oxygen atoms in total. The van der Waals surface area contributed by atoms with Crippen LogP contribution in [0.2, 0.25) is 0 Å². The lowest BCUT2D eigenvalue weighted by Crippen LogP contribution is -2.30. The van der Waals surface area contributed by atoms with Gasteiger partial charge in [0.2, 0.25) is 15.9 Å². The average molecular weight is 495 g/mol. The summed E-state index contributed by atoms with van der Waals surface area (Å²) in [6, 6.07) is 12.1. The minimum atomic E-state index is -4.41. The standard InChI is InChI=1S/C18H18BrF3N2O4S/c19-15-3-1-2-4-16(15)29(26,27)24-10-9-17(25)23-11-13-5-7-14(8-6-13)28-12-18(20,21)22/h1-8,24H,9-12H2,(H,23,25). The van der Waals surface area contributed by atoms with Crippen molar-refractivity contribution in [2.45, 2.75) is 24.0 Å². The van der Waals surface area contributed by atoms with Crippen LogP contribution in [0.15, 0.2) is 57.9 Å². The maximum Gasteiger partial charge on any atom is 0.422 e. The van der Waals surface area contributed by atoms with Crippen LogP contribution in [0.4, 0.5) is 13.2 Å². The molecule has 0 fully saturated rings. The third kappa shape index (κ3) is 8.03. The lowest BCUT2D eigenvalue weighted by atomic mass is 10.2. The number of amides is 1. The highest BCUT2D eigenvalue weighted by atomic mass is 79.9. The van der Waals surface area contributed by atoms with Crippen LogP contribution in [0, 0.1) is 0 Å². The van der Waals surface area contributed by atoms with Crippen LogP contribution >= 0.6 is 15.9 Å². The number of rotatable bonds is 9. The first-order chi connectivity index (χ1) is 13.6. The van der Waals surface area contributed by atoms with Gasteiger partial charge in [-0.3, -0.25) is 4.79 Å². The Hall–Kier alpha value is -2.11. The first-order valence-corrected chi connectivity index (χ1v) is 10.6. The van der Waals surface area contributed by atoms with Gasteiger partial charge >= 0.3 is 6.18 Å². The van der Waals surface area contributed by atoms with Gasteiger partial charge in [-0.1, -0.05) is 24.3 Å².